The Bertz CT molecular complexity index is 429. The number of nitrogens with zero attached hydrogens (tertiary/aromatic N) is 1. The first kappa shape index (κ1) is 15.6. The molecule has 1 aromatic carbocycles. The number of ketones is 1. The van der Waals surface area contributed by atoms with Gasteiger partial charge in [-0.15, -0.1) is 0 Å². The average Bonchev–Trinajstić information content (AvgIpc) is 2.35. The standard InChI is InChI=1S/C17H25NO/c1-13(2)16-9-6-15(7-10-16)8-11-17(19)14(3)12-18(4)5/h6-11,13-14H,12H2,1-5H3/b11-8-/t14-/m0/s1. The Kier molecular flexibility index (Phi) is 5.97. The number of hydrogen-bond donors (Lipinski definition) is 0. The highest BCUT2D eigenvalue weighted by Gasteiger charge is 2.10. The van der Waals surface area contributed by atoms with Gasteiger partial charge in [-0.05, 0) is 37.2 Å². The molecule has 0 spiro atoms. The van der Waals surface area contributed by atoms with Crippen molar-refractivity contribution >= 4 is 11.9 Å². The fraction of sp³-hybridized carbons (Fsp3) is 0.471. The van der Waals surface area contributed by atoms with Crippen molar-refractivity contribution < 1.29 is 4.79 Å². The number of allylic oxidation sites excluding steroid dienone is 1. The number of hydrogen-bond acceptors (Lipinski definition) is 2. The molecular weight excluding hydrogens is 234 g/mol. The maximum absolute atomic E-state index is 11.9. The van der Waals surface area contributed by atoms with Crippen molar-refractivity contribution in [3.8, 4) is 0 Å². The fourth-order valence-electron chi connectivity index (χ4n) is 1.97. The van der Waals surface area contributed by atoms with Gasteiger partial charge in [-0.25, -0.2) is 0 Å². The normalized spacial score (nSPS) is 13.4. The second kappa shape index (κ2) is 7.25. The van der Waals surface area contributed by atoms with Crippen molar-refractivity contribution in [1.82, 2.24) is 4.90 Å². The molecule has 0 heterocycles. The summed E-state index contributed by atoms with van der Waals surface area (Å²) >= 11 is 0. The predicted octanol–water partition coefficient (Wildman–Crippen LogP) is 3.59. The highest BCUT2D eigenvalue weighted by atomic mass is 16.1. The summed E-state index contributed by atoms with van der Waals surface area (Å²) in [6.45, 7) is 7.11. The Morgan fingerprint density at radius 3 is 2.21 bits per heavy atom. The summed E-state index contributed by atoms with van der Waals surface area (Å²) < 4.78 is 0. The molecule has 19 heavy (non-hydrogen) atoms. The van der Waals surface area contributed by atoms with Gasteiger partial charge in [0, 0.05) is 12.5 Å². The molecule has 0 aliphatic carbocycles. The van der Waals surface area contributed by atoms with E-state index in [2.05, 4.69) is 38.1 Å². The van der Waals surface area contributed by atoms with Gasteiger partial charge in [0.1, 0.15) is 0 Å². The molecule has 0 N–H and O–H groups in total. The molecule has 0 aromatic heterocycles. The molecule has 0 radical (unpaired) electrons. The van der Waals surface area contributed by atoms with Crippen LogP contribution in [0.2, 0.25) is 0 Å². The molecule has 0 fully saturated rings. The molecule has 2 nitrogen and oxygen atoms in total. The van der Waals surface area contributed by atoms with E-state index in [1.54, 1.807) is 6.08 Å². The molecule has 0 saturated heterocycles. The molecule has 1 atom stereocenters. The van der Waals surface area contributed by atoms with Crippen LogP contribution in [-0.2, 0) is 4.79 Å². The Labute approximate surface area is 117 Å². The quantitative estimate of drug-likeness (QED) is 0.728. The molecule has 1 rings (SSSR count). The van der Waals surface area contributed by atoms with E-state index in [0.717, 1.165) is 12.1 Å². The largest absolute Gasteiger partial charge is 0.309 e. The van der Waals surface area contributed by atoms with Gasteiger partial charge in [-0.3, -0.25) is 4.79 Å². The van der Waals surface area contributed by atoms with Crippen LogP contribution in [0.5, 0.6) is 0 Å². The van der Waals surface area contributed by atoms with E-state index in [9.17, 15) is 4.79 Å². The van der Waals surface area contributed by atoms with Crippen molar-refractivity contribution in [2.45, 2.75) is 26.7 Å². The van der Waals surface area contributed by atoms with Crippen LogP contribution < -0.4 is 0 Å². The lowest BCUT2D eigenvalue weighted by Gasteiger charge is -2.13. The predicted molar refractivity (Wildman–Crippen MR) is 82.3 cm³/mol. The van der Waals surface area contributed by atoms with Crippen molar-refractivity contribution in [3.63, 3.8) is 0 Å². The van der Waals surface area contributed by atoms with Crippen molar-refractivity contribution in [2.75, 3.05) is 20.6 Å². The monoisotopic (exact) mass is 259 g/mol. The third-order valence-corrected chi connectivity index (χ3v) is 3.17. The van der Waals surface area contributed by atoms with Crippen LogP contribution in [0.4, 0.5) is 0 Å². The summed E-state index contributed by atoms with van der Waals surface area (Å²) in [5.74, 6) is 0.766. The zero-order valence-electron chi connectivity index (χ0n) is 12.7. The number of carbonyl (C=O) groups is 1. The van der Waals surface area contributed by atoms with E-state index < -0.39 is 0 Å². The van der Waals surface area contributed by atoms with Gasteiger partial charge in [-0.1, -0.05) is 51.1 Å². The Morgan fingerprint density at radius 2 is 1.74 bits per heavy atom. The maximum atomic E-state index is 11.9. The SMILES string of the molecule is CC(C)c1ccc(/C=C\C(=O)[C@@H](C)CN(C)C)cc1. The van der Waals surface area contributed by atoms with Gasteiger partial charge in [0.15, 0.2) is 5.78 Å². The van der Waals surface area contributed by atoms with Gasteiger partial charge < -0.3 is 4.90 Å². The van der Waals surface area contributed by atoms with Gasteiger partial charge in [-0.2, -0.15) is 0 Å². The van der Waals surface area contributed by atoms with Crippen LogP contribution in [0.15, 0.2) is 30.3 Å². The van der Waals surface area contributed by atoms with E-state index in [4.69, 9.17) is 0 Å². The van der Waals surface area contributed by atoms with Crippen LogP contribution in [0.1, 0.15) is 37.8 Å². The fourth-order valence-corrected chi connectivity index (χ4v) is 1.97. The van der Waals surface area contributed by atoms with Crippen LogP contribution >= 0.6 is 0 Å². The second-order valence-corrected chi connectivity index (χ2v) is 5.72. The van der Waals surface area contributed by atoms with E-state index in [1.807, 2.05) is 32.0 Å². The van der Waals surface area contributed by atoms with Crippen molar-refractivity contribution in [3.05, 3.63) is 41.5 Å². The van der Waals surface area contributed by atoms with E-state index in [-0.39, 0.29) is 11.7 Å². The molecule has 0 aliphatic heterocycles. The van der Waals surface area contributed by atoms with Gasteiger partial charge in [0.05, 0.1) is 0 Å². The Morgan fingerprint density at radius 1 is 1.16 bits per heavy atom. The zero-order chi connectivity index (χ0) is 14.4. The molecular formula is C17H25NO. The summed E-state index contributed by atoms with van der Waals surface area (Å²) in [4.78, 5) is 13.9. The first-order chi connectivity index (χ1) is 8.90. The lowest BCUT2D eigenvalue weighted by molar-refractivity contribution is -0.118. The van der Waals surface area contributed by atoms with Gasteiger partial charge in [0.25, 0.3) is 0 Å². The summed E-state index contributed by atoms with van der Waals surface area (Å²) in [6, 6.07) is 8.38. The number of benzene rings is 1. The average molecular weight is 259 g/mol. The molecule has 2 heteroatoms. The number of rotatable bonds is 6. The lowest BCUT2D eigenvalue weighted by atomic mass is 10.0. The highest BCUT2D eigenvalue weighted by molar-refractivity contribution is 5.95. The molecule has 0 amide bonds. The first-order valence-corrected chi connectivity index (χ1v) is 6.86. The maximum Gasteiger partial charge on any atom is 0.159 e. The minimum Gasteiger partial charge on any atom is -0.309 e. The minimum absolute atomic E-state index is 0.0428. The summed E-state index contributed by atoms with van der Waals surface area (Å²) in [7, 11) is 3.97. The van der Waals surface area contributed by atoms with Gasteiger partial charge >= 0.3 is 0 Å². The highest BCUT2D eigenvalue weighted by Crippen LogP contribution is 2.15. The third-order valence-electron chi connectivity index (χ3n) is 3.17. The van der Waals surface area contributed by atoms with Gasteiger partial charge in [0.2, 0.25) is 0 Å². The third kappa shape index (κ3) is 5.39. The van der Waals surface area contributed by atoms with E-state index in [0.29, 0.717) is 5.92 Å². The van der Waals surface area contributed by atoms with E-state index >= 15 is 0 Å². The smallest absolute Gasteiger partial charge is 0.159 e. The first-order valence-electron chi connectivity index (χ1n) is 6.86. The Balaban J connectivity index is 2.63. The van der Waals surface area contributed by atoms with Crippen LogP contribution in [0, 0.1) is 5.92 Å². The van der Waals surface area contributed by atoms with Crippen LogP contribution in [-0.4, -0.2) is 31.3 Å². The van der Waals surface area contributed by atoms with Crippen LogP contribution in [0.25, 0.3) is 6.08 Å². The summed E-state index contributed by atoms with van der Waals surface area (Å²) in [5.41, 5.74) is 2.40. The molecule has 0 aliphatic rings. The number of carbonyl (C=O) groups excluding carboxylic acids is 1. The summed E-state index contributed by atoms with van der Waals surface area (Å²) in [6.07, 6.45) is 3.59. The lowest BCUT2D eigenvalue weighted by Crippen LogP contribution is -2.24. The molecule has 0 unspecified atom stereocenters. The topological polar surface area (TPSA) is 20.3 Å². The minimum atomic E-state index is 0.0428. The molecule has 1 aromatic rings. The molecule has 104 valence electrons. The van der Waals surface area contributed by atoms with Crippen molar-refractivity contribution in [1.29, 1.82) is 0 Å². The Hall–Kier alpha value is -1.41. The van der Waals surface area contributed by atoms with Crippen molar-refractivity contribution in [2.24, 2.45) is 5.92 Å². The molecule has 0 bridgehead atoms. The zero-order valence-corrected chi connectivity index (χ0v) is 12.7. The van der Waals surface area contributed by atoms with E-state index in [1.165, 1.54) is 5.56 Å². The van der Waals surface area contributed by atoms with Crippen LogP contribution in [0.3, 0.4) is 0 Å². The molecule has 0 saturated carbocycles. The summed E-state index contributed by atoms with van der Waals surface area (Å²) in [5, 5.41) is 0. The second-order valence-electron chi connectivity index (χ2n) is 5.72.